The summed E-state index contributed by atoms with van der Waals surface area (Å²) in [6, 6.07) is 0.499. The van der Waals surface area contributed by atoms with E-state index in [1.807, 2.05) is 13.8 Å². The van der Waals surface area contributed by atoms with Gasteiger partial charge in [-0.2, -0.15) is 0 Å². The highest BCUT2D eigenvalue weighted by molar-refractivity contribution is 7.88. The Kier molecular flexibility index (Phi) is 5.21. The van der Waals surface area contributed by atoms with Gasteiger partial charge in [-0.05, 0) is 38.5 Å². The normalized spacial score (nSPS) is 30.4. The number of hydrogen-bond donors (Lipinski definition) is 2. The summed E-state index contributed by atoms with van der Waals surface area (Å²) in [5.74, 6) is 1.34. The van der Waals surface area contributed by atoms with Crippen molar-refractivity contribution in [3.63, 3.8) is 0 Å². The molecular weight excluding hydrogens is 248 g/mol. The molecule has 0 saturated heterocycles. The molecule has 0 radical (unpaired) electrons. The molecule has 0 aromatic carbocycles. The fourth-order valence-corrected chi connectivity index (χ4v) is 4.07. The molecule has 1 fully saturated rings. The van der Waals surface area contributed by atoms with Crippen LogP contribution in [0.5, 0.6) is 0 Å². The molecule has 4 nitrogen and oxygen atoms in total. The minimum atomic E-state index is -3.15. The van der Waals surface area contributed by atoms with Crippen molar-refractivity contribution in [1.29, 1.82) is 0 Å². The average molecular weight is 276 g/mol. The minimum Gasteiger partial charge on any atom is -0.312 e. The predicted octanol–water partition coefficient (Wildman–Crippen LogP) is 1.73. The zero-order chi connectivity index (χ0) is 14.0. The third kappa shape index (κ3) is 5.24. The second-order valence-corrected chi connectivity index (χ2v) is 8.30. The lowest BCUT2D eigenvalue weighted by atomic mass is 9.78. The molecule has 1 aliphatic rings. The molecule has 2 unspecified atom stereocenters. The maximum absolute atomic E-state index is 11.3. The summed E-state index contributed by atoms with van der Waals surface area (Å²) in [4.78, 5) is 0. The van der Waals surface area contributed by atoms with Crippen LogP contribution in [-0.4, -0.2) is 32.8 Å². The van der Waals surface area contributed by atoms with Crippen LogP contribution in [0.25, 0.3) is 0 Å². The number of hydrogen-bond acceptors (Lipinski definition) is 3. The first-order valence-corrected chi connectivity index (χ1v) is 8.72. The van der Waals surface area contributed by atoms with Crippen LogP contribution < -0.4 is 10.0 Å². The van der Waals surface area contributed by atoms with E-state index in [1.165, 1.54) is 25.5 Å². The molecular formula is C13H28N2O2S. The quantitative estimate of drug-likeness (QED) is 0.804. The van der Waals surface area contributed by atoms with Crippen molar-refractivity contribution >= 4 is 10.0 Å². The lowest BCUT2D eigenvalue weighted by molar-refractivity contribution is 0.198. The average Bonchev–Trinajstić information content (AvgIpc) is 2.12. The van der Waals surface area contributed by atoms with Gasteiger partial charge in [0.1, 0.15) is 0 Å². The monoisotopic (exact) mass is 276 g/mol. The SMILES string of the molecule is CC1CCCC(C)C1NCC(C)(C)NS(C)(=O)=O. The molecule has 0 aliphatic heterocycles. The van der Waals surface area contributed by atoms with Crippen molar-refractivity contribution in [2.45, 2.75) is 58.5 Å². The lowest BCUT2D eigenvalue weighted by Crippen LogP contribution is -2.54. The van der Waals surface area contributed by atoms with Crippen molar-refractivity contribution in [3.05, 3.63) is 0 Å². The van der Waals surface area contributed by atoms with Crippen molar-refractivity contribution in [2.24, 2.45) is 11.8 Å². The molecule has 0 amide bonds. The summed E-state index contributed by atoms with van der Waals surface area (Å²) in [7, 11) is -3.15. The van der Waals surface area contributed by atoms with Gasteiger partial charge >= 0.3 is 0 Å². The first-order chi connectivity index (χ1) is 8.11. The number of sulfonamides is 1. The molecule has 1 saturated carbocycles. The van der Waals surface area contributed by atoms with E-state index in [-0.39, 0.29) is 0 Å². The highest BCUT2D eigenvalue weighted by atomic mass is 32.2. The Morgan fingerprint density at radius 3 is 2.11 bits per heavy atom. The summed E-state index contributed by atoms with van der Waals surface area (Å²) in [5, 5.41) is 3.56. The largest absolute Gasteiger partial charge is 0.312 e. The molecule has 1 rings (SSSR count). The molecule has 18 heavy (non-hydrogen) atoms. The van der Waals surface area contributed by atoms with Gasteiger partial charge in [0.15, 0.2) is 0 Å². The van der Waals surface area contributed by atoms with Crippen LogP contribution in [0.4, 0.5) is 0 Å². The topological polar surface area (TPSA) is 58.2 Å². The third-order valence-electron chi connectivity index (χ3n) is 3.79. The van der Waals surface area contributed by atoms with Crippen LogP contribution in [0.15, 0.2) is 0 Å². The molecule has 2 atom stereocenters. The predicted molar refractivity (Wildman–Crippen MR) is 76.0 cm³/mol. The van der Waals surface area contributed by atoms with Crippen molar-refractivity contribution in [1.82, 2.24) is 10.0 Å². The number of rotatable bonds is 5. The molecule has 0 aromatic heterocycles. The Balaban J connectivity index is 2.52. The van der Waals surface area contributed by atoms with Gasteiger partial charge < -0.3 is 5.32 Å². The van der Waals surface area contributed by atoms with E-state index in [4.69, 9.17) is 0 Å². The van der Waals surface area contributed by atoms with Crippen molar-refractivity contribution in [3.8, 4) is 0 Å². The second-order valence-electron chi connectivity index (χ2n) is 6.55. The van der Waals surface area contributed by atoms with E-state index in [1.54, 1.807) is 0 Å². The number of nitrogens with one attached hydrogen (secondary N) is 2. The van der Waals surface area contributed by atoms with Crippen LogP contribution in [0, 0.1) is 11.8 Å². The molecule has 0 bridgehead atoms. The molecule has 108 valence electrons. The second kappa shape index (κ2) is 5.88. The molecule has 0 aromatic rings. The maximum Gasteiger partial charge on any atom is 0.209 e. The Labute approximate surface area is 112 Å². The van der Waals surface area contributed by atoms with Crippen molar-refractivity contribution < 1.29 is 8.42 Å². The maximum atomic E-state index is 11.3. The molecule has 2 N–H and O–H groups in total. The highest BCUT2D eigenvalue weighted by Crippen LogP contribution is 2.28. The van der Waals surface area contributed by atoms with Crippen LogP contribution in [0.2, 0.25) is 0 Å². The van der Waals surface area contributed by atoms with Gasteiger partial charge in [-0.3, -0.25) is 0 Å². The first-order valence-electron chi connectivity index (χ1n) is 6.83. The van der Waals surface area contributed by atoms with Gasteiger partial charge in [-0.1, -0.05) is 20.3 Å². The van der Waals surface area contributed by atoms with Crippen LogP contribution in [0.3, 0.4) is 0 Å². The summed E-state index contributed by atoms with van der Waals surface area (Å²) in [5.41, 5.74) is -0.440. The summed E-state index contributed by atoms with van der Waals surface area (Å²) in [6.07, 6.45) is 5.05. The molecule has 1 aliphatic carbocycles. The van der Waals surface area contributed by atoms with E-state index < -0.39 is 15.6 Å². The lowest BCUT2D eigenvalue weighted by Gasteiger charge is -2.37. The smallest absolute Gasteiger partial charge is 0.209 e. The van der Waals surface area contributed by atoms with E-state index in [9.17, 15) is 8.42 Å². The van der Waals surface area contributed by atoms with Gasteiger partial charge in [0.2, 0.25) is 10.0 Å². The minimum absolute atomic E-state index is 0.440. The van der Waals surface area contributed by atoms with Gasteiger partial charge in [0, 0.05) is 18.1 Å². The van der Waals surface area contributed by atoms with Gasteiger partial charge in [-0.25, -0.2) is 13.1 Å². The zero-order valence-corrected chi connectivity index (χ0v) is 13.1. The molecule has 0 heterocycles. The van der Waals surface area contributed by atoms with Crippen LogP contribution >= 0.6 is 0 Å². The molecule has 0 spiro atoms. The Bertz CT molecular complexity index is 355. The van der Waals surface area contributed by atoms with E-state index in [2.05, 4.69) is 23.9 Å². The van der Waals surface area contributed by atoms with E-state index in [0.717, 1.165) is 0 Å². The summed E-state index contributed by atoms with van der Waals surface area (Å²) >= 11 is 0. The molecule has 5 heteroatoms. The Morgan fingerprint density at radius 1 is 1.17 bits per heavy atom. The fourth-order valence-electron chi connectivity index (χ4n) is 3.00. The van der Waals surface area contributed by atoms with Crippen molar-refractivity contribution in [2.75, 3.05) is 12.8 Å². The van der Waals surface area contributed by atoms with Gasteiger partial charge in [-0.15, -0.1) is 0 Å². The van der Waals surface area contributed by atoms with Gasteiger partial charge in [0.25, 0.3) is 0 Å². The standard InChI is InChI=1S/C13H28N2O2S/c1-10-7-6-8-11(2)12(10)14-9-13(3,4)15-18(5,16)17/h10-12,14-15H,6-9H2,1-5H3. The van der Waals surface area contributed by atoms with E-state index >= 15 is 0 Å². The Hall–Kier alpha value is -0.130. The fraction of sp³-hybridized carbons (Fsp3) is 1.00. The van der Waals surface area contributed by atoms with E-state index in [0.29, 0.717) is 24.4 Å². The van der Waals surface area contributed by atoms with Crippen LogP contribution in [0.1, 0.15) is 47.0 Å². The Morgan fingerprint density at radius 2 is 1.67 bits per heavy atom. The summed E-state index contributed by atoms with van der Waals surface area (Å²) in [6.45, 7) is 9.06. The summed E-state index contributed by atoms with van der Waals surface area (Å²) < 4.78 is 25.2. The highest BCUT2D eigenvalue weighted by Gasteiger charge is 2.30. The zero-order valence-electron chi connectivity index (χ0n) is 12.3. The third-order valence-corrected chi connectivity index (χ3v) is 4.71. The van der Waals surface area contributed by atoms with Gasteiger partial charge in [0.05, 0.1) is 6.26 Å². The van der Waals surface area contributed by atoms with Crippen LogP contribution in [-0.2, 0) is 10.0 Å². The first kappa shape index (κ1) is 15.9.